The van der Waals surface area contributed by atoms with Gasteiger partial charge in [0.2, 0.25) is 5.91 Å². The zero-order valence-electron chi connectivity index (χ0n) is 8.86. The summed E-state index contributed by atoms with van der Waals surface area (Å²) in [7, 11) is 1.65. The second-order valence-corrected chi connectivity index (χ2v) is 3.23. The normalized spacial score (nSPS) is 15.5. The average molecular weight is 186 g/mol. The predicted octanol–water partition coefficient (Wildman–Crippen LogP) is 1.29. The van der Waals surface area contributed by atoms with Gasteiger partial charge in [-0.2, -0.15) is 0 Å². The molecule has 2 N–H and O–H groups in total. The highest BCUT2D eigenvalue weighted by Gasteiger charge is 1.93. The summed E-state index contributed by atoms with van der Waals surface area (Å²) in [6, 6.07) is 0. The molecule has 13 heavy (non-hydrogen) atoms. The van der Waals surface area contributed by atoms with Crippen LogP contribution in [0, 0.1) is 0 Å². The van der Waals surface area contributed by atoms with E-state index in [0.717, 1.165) is 6.42 Å². The van der Waals surface area contributed by atoms with Crippen LogP contribution in [0.3, 0.4) is 0 Å². The van der Waals surface area contributed by atoms with E-state index in [2.05, 4.69) is 10.6 Å². The average Bonchev–Trinajstić information content (AvgIpc) is 2.22. The molecule has 1 aliphatic heterocycles. The molecule has 0 radical (unpaired) electrons. The van der Waals surface area contributed by atoms with E-state index in [1.165, 1.54) is 32.4 Å². The molecule has 1 aliphatic rings. The largest absolute Gasteiger partial charge is 0.359 e. The monoisotopic (exact) mass is 186 g/mol. The third-order valence-electron chi connectivity index (χ3n) is 1.96. The maximum Gasteiger partial charge on any atom is 0.219 e. The minimum Gasteiger partial charge on any atom is -0.359 e. The Labute approximate surface area is 81.3 Å². The molecule has 0 aromatic heterocycles. The fraction of sp³-hybridized carbons (Fsp3) is 0.900. The second-order valence-electron chi connectivity index (χ2n) is 3.23. The highest BCUT2D eigenvalue weighted by molar-refractivity contribution is 5.75. The third kappa shape index (κ3) is 9.34. The van der Waals surface area contributed by atoms with Gasteiger partial charge in [0.25, 0.3) is 0 Å². The summed E-state index contributed by atoms with van der Waals surface area (Å²) in [5.74, 6) is 0.127. The summed E-state index contributed by atoms with van der Waals surface area (Å²) < 4.78 is 0. The summed E-state index contributed by atoms with van der Waals surface area (Å²) in [5, 5.41) is 5.81. The molecule has 3 nitrogen and oxygen atoms in total. The van der Waals surface area contributed by atoms with Gasteiger partial charge in [0.05, 0.1) is 0 Å². The van der Waals surface area contributed by atoms with Crippen LogP contribution >= 0.6 is 0 Å². The van der Waals surface area contributed by atoms with Gasteiger partial charge in [0, 0.05) is 13.5 Å². The van der Waals surface area contributed by atoms with Crippen LogP contribution in [0.1, 0.15) is 39.0 Å². The molecule has 1 saturated heterocycles. The Balaban J connectivity index is 0.000000223. The van der Waals surface area contributed by atoms with Crippen LogP contribution in [0.25, 0.3) is 0 Å². The first-order chi connectivity index (χ1) is 6.31. The molecule has 0 spiro atoms. The smallest absolute Gasteiger partial charge is 0.219 e. The van der Waals surface area contributed by atoms with Crippen molar-refractivity contribution in [3.05, 3.63) is 0 Å². The van der Waals surface area contributed by atoms with Gasteiger partial charge >= 0.3 is 0 Å². The van der Waals surface area contributed by atoms with Crippen molar-refractivity contribution >= 4 is 5.91 Å². The van der Waals surface area contributed by atoms with E-state index in [1.54, 1.807) is 7.05 Å². The number of hydrogen-bond acceptors (Lipinski definition) is 2. The number of carbonyl (C=O) groups is 1. The second kappa shape index (κ2) is 9.52. The standard InChI is InChI=1S/C5H11NO.C5H11N/c1-3-4-5(7)6-2;1-2-4-6-5-3-1/h3-4H2,1-2H3,(H,6,7);6H,1-5H2. The number of rotatable bonds is 2. The number of carbonyl (C=O) groups excluding carboxylic acids is 1. The lowest BCUT2D eigenvalue weighted by molar-refractivity contribution is -0.120. The van der Waals surface area contributed by atoms with E-state index in [4.69, 9.17) is 0 Å². The summed E-state index contributed by atoms with van der Waals surface area (Å²) in [6.45, 7) is 4.48. The van der Waals surface area contributed by atoms with E-state index in [1.807, 2.05) is 6.92 Å². The first kappa shape index (κ1) is 12.4. The van der Waals surface area contributed by atoms with Crippen LogP contribution in [0.5, 0.6) is 0 Å². The van der Waals surface area contributed by atoms with Crippen LogP contribution in [-0.4, -0.2) is 26.0 Å². The van der Waals surface area contributed by atoms with Gasteiger partial charge in [-0.25, -0.2) is 0 Å². The van der Waals surface area contributed by atoms with Crippen molar-refractivity contribution in [2.24, 2.45) is 0 Å². The quantitative estimate of drug-likeness (QED) is 0.682. The molecule has 0 aromatic carbocycles. The van der Waals surface area contributed by atoms with Crippen LogP contribution in [0.15, 0.2) is 0 Å². The van der Waals surface area contributed by atoms with Crippen molar-refractivity contribution < 1.29 is 4.79 Å². The lowest BCUT2D eigenvalue weighted by atomic mass is 10.2. The van der Waals surface area contributed by atoms with Crippen LogP contribution in [-0.2, 0) is 4.79 Å². The molecule has 0 saturated carbocycles. The van der Waals surface area contributed by atoms with Crippen molar-refractivity contribution in [2.75, 3.05) is 20.1 Å². The van der Waals surface area contributed by atoms with Crippen LogP contribution in [0.2, 0.25) is 0 Å². The molecule has 0 aliphatic carbocycles. The summed E-state index contributed by atoms with van der Waals surface area (Å²) in [4.78, 5) is 10.3. The van der Waals surface area contributed by atoms with Gasteiger partial charge in [-0.1, -0.05) is 13.3 Å². The topological polar surface area (TPSA) is 41.1 Å². The van der Waals surface area contributed by atoms with E-state index in [0.29, 0.717) is 6.42 Å². The SMILES string of the molecule is C1CCNCC1.CCCC(=O)NC. The highest BCUT2D eigenvalue weighted by atomic mass is 16.1. The van der Waals surface area contributed by atoms with Crippen molar-refractivity contribution in [2.45, 2.75) is 39.0 Å². The van der Waals surface area contributed by atoms with Gasteiger partial charge in [-0.15, -0.1) is 0 Å². The molecular formula is C10H22N2O. The lowest BCUT2D eigenvalue weighted by Gasteiger charge is -2.08. The van der Waals surface area contributed by atoms with E-state index < -0.39 is 0 Å². The van der Waals surface area contributed by atoms with Crippen LogP contribution in [0.4, 0.5) is 0 Å². The number of piperidine rings is 1. The van der Waals surface area contributed by atoms with Crippen LogP contribution < -0.4 is 10.6 Å². The summed E-state index contributed by atoms with van der Waals surface area (Å²) >= 11 is 0. The molecule has 0 bridgehead atoms. The minimum atomic E-state index is 0.127. The Morgan fingerprint density at radius 3 is 2.08 bits per heavy atom. The first-order valence-electron chi connectivity index (χ1n) is 5.22. The first-order valence-corrected chi connectivity index (χ1v) is 5.22. The van der Waals surface area contributed by atoms with Gasteiger partial charge in [-0.3, -0.25) is 4.79 Å². The van der Waals surface area contributed by atoms with Crippen molar-refractivity contribution in [3.8, 4) is 0 Å². The van der Waals surface area contributed by atoms with Gasteiger partial charge < -0.3 is 10.6 Å². The molecular weight excluding hydrogens is 164 g/mol. The molecule has 78 valence electrons. The van der Waals surface area contributed by atoms with Crippen molar-refractivity contribution in [1.82, 2.24) is 10.6 Å². The minimum absolute atomic E-state index is 0.127. The van der Waals surface area contributed by atoms with Gasteiger partial charge in [0.1, 0.15) is 0 Å². The van der Waals surface area contributed by atoms with E-state index >= 15 is 0 Å². The van der Waals surface area contributed by atoms with Crippen molar-refractivity contribution in [3.63, 3.8) is 0 Å². The fourth-order valence-corrected chi connectivity index (χ4v) is 1.15. The number of hydrogen-bond donors (Lipinski definition) is 2. The molecule has 1 amide bonds. The molecule has 1 heterocycles. The summed E-state index contributed by atoms with van der Waals surface area (Å²) in [6.07, 6.45) is 5.79. The molecule has 1 fully saturated rings. The third-order valence-corrected chi connectivity index (χ3v) is 1.96. The Morgan fingerprint density at radius 1 is 1.31 bits per heavy atom. The Kier molecular flexibility index (Phi) is 9.10. The molecule has 1 rings (SSSR count). The summed E-state index contributed by atoms with van der Waals surface area (Å²) in [5.41, 5.74) is 0. The molecule has 0 unspecified atom stereocenters. The van der Waals surface area contributed by atoms with Crippen molar-refractivity contribution in [1.29, 1.82) is 0 Å². The Morgan fingerprint density at radius 2 is 1.92 bits per heavy atom. The van der Waals surface area contributed by atoms with E-state index in [-0.39, 0.29) is 5.91 Å². The zero-order valence-corrected chi connectivity index (χ0v) is 8.86. The van der Waals surface area contributed by atoms with E-state index in [9.17, 15) is 4.79 Å². The zero-order chi connectivity index (χ0) is 9.94. The molecule has 3 heteroatoms. The van der Waals surface area contributed by atoms with Gasteiger partial charge in [0.15, 0.2) is 0 Å². The molecule has 0 atom stereocenters. The Bertz CT molecular complexity index is 111. The van der Waals surface area contributed by atoms with Gasteiger partial charge in [-0.05, 0) is 32.4 Å². The number of amides is 1. The predicted molar refractivity (Wildman–Crippen MR) is 55.7 cm³/mol. The maximum absolute atomic E-state index is 10.3. The lowest BCUT2D eigenvalue weighted by Crippen LogP contribution is -2.21. The fourth-order valence-electron chi connectivity index (χ4n) is 1.15. The maximum atomic E-state index is 10.3. The Hall–Kier alpha value is -0.570. The number of nitrogens with one attached hydrogen (secondary N) is 2. The highest BCUT2D eigenvalue weighted by Crippen LogP contribution is 1.96. The molecule has 0 aromatic rings.